The van der Waals surface area contributed by atoms with Gasteiger partial charge in [0, 0.05) is 14.3 Å². The van der Waals surface area contributed by atoms with E-state index in [0.717, 1.165) is 131 Å². The molecule has 0 amide bonds. The van der Waals surface area contributed by atoms with Gasteiger partial charge in [0.25, 0.3) is 0 Å². The Hall–Kier alpha value is -7.16. The van der Waals surface area contributed by atoms with Crippen molar-refractivity contribution in [1.82, 2.24) is 0 Å². The number of rotatable bonds is 23. The Morgan fingerprint density at radius 2 is 0.552 bits per heavy atom. The van der Waals surface area contributed by atoms with E-state index in [9.17, 15) is 35.1 Å². The van der Waals surface area contributed by atoms with Crippen LogP contribution in [-0.4, -0.2) is 13.0 Å². The van der Waals surface area contributed by atoms with E-state index >= 15 is 0 Å². The van der Waals surface area contributed by atoms with Crippen LogP contribution < -0.4 is 9.47 Å². The normalized spacial score (nSPS) is 30.7. The summed E-state index contributed by atoms with van der Waals surface area (Å²) < 4.78 is 111. The Kier molecular flexibility index (Phi) is 42.0. The van der Waals surface area contributed by atoms with Crippen LogP contribution in [0.4, 0.5) is 35.1 Å². The van der Waals surface area contributed by atoms with Gasteiger partial charge in [0.15, 0.2) is 11.6 Å². The van der Waals surface area contributed by atoms with Crippen LogP contribution in [0.25, 0.3) is 0 Å². The molecule has 0 aromatic heterocycles. The van der Waals surface area contributed by atoms with Gasteiger partial charge in [0.1, 0.15) is 17.3 Å². The summed E-state index contributed by atoms with van der Waals surface area (Å²) in [7, 11) is 0. The molecule has 10 aliphatic rings. The minimum absolute atomic E-state index is 0. The van der Waals surface area contributed by atoms with E-state index < -0.39 is 24.6 Å². The molecule has 0 spiro atoms. The van der Waals surface area contributed by atoms with E-state index in [1.807, 2.05) is 37.3 Å². The minimum Gasteiger partial charge on any atom is -0.435 e. The van der Waals surface area contributed by atoms with Gasteiger partial charge in [0.2, 0.25) is 0 Å². The van der Waals surface area contributed by atoms with Crippen molar-refractivity contribution in [2.75, 3.05) is 0 Å². The van der Waals surface area contributed by atoms with Crippen LogP contribution in [0.2, 0.25) is 0 Å². The number of benzene rings is 5. The molecule has 0 atom stereocenters. The first kappa shape index (κ1) is 100.0. The van der Waals surface area contributed by atoms with Crippen molar-refractivity contribution in [2.45, 2.75) is 380 Å². The number of hydrogen-bond donors (Lipinski definition) is 0. The maximum absolute atomic E-state index is 13.4. The van der Waals surface area contributed by atoms with Crippen LogP contribution in [0.15, 0.2) is 164 Å². The average Bonchev–Trinajstić information content (AvgIpc) is 0.842. The molecular weight excluding hydrogens is 1820 g/mol. The summed E-state index contributed by atoms with van der Waals surface area (Å²) in [4.78, 5) is 0. The predicted molar refractivity (Wildman–Crippen MR) is 523 cm³/mol. The molecule has 2 nitrogen and oxygen atoms in total. The third-order valence-corrected chi connectivity index (χ3v) is 32.9. The first-order valence-electron chi connectivity index (χ1n) is 50.4. The van der Waals surface area contributed by atoms with Crippen molar-refractivity contribution >= 4 is 0 Å². The average molecular weight is 2000 g/mol. The molecule has 706 valence electrons. The van der Waals surface area contributed by atoms with Gasteiger partial charge in [-0.1, -0.05) is 103 Å². The third-order valence-electron chi connectivity index (χ3n) is 32.9. The van der Waals surface area contributed by atoms with Crippen LogP contribution in [0.3, 0.4) is 0 Å². The van der Waals surface area contributed by atoms with E-state index in [1.165, 1.54) is 298 Å². The fraction of sp³-hybridized carbons (Fsp3) is 0.649. The van der Waals surface area contributed by atoms with Crippen LogP contribution >= 0.6 is 0 Å². The molecule has 10 aliphatic carbocycles. The zero-order valence-electron chi connectivity index (χ0n) is 78.1. The quantitative estimate of drug-likeness (QED) is 0.0369. The standard InChI is InChI=1S/C24H33F3O.C24H34F2O.C22H30F2.C22H31F.C22H31.Rf.10H2/c1-3-4-5-18-6-8-19(9-7-18)20-10-12-21(13-11-20)22-14-15-23(17(2)16-22)28-24(25,26)27;1-3-4-5-18-6-8-19(9-7-18)20-10-12-21(13-11-20)22-14-15-23(17(2)16-22)27-24(25)26;1-2-3-4-16-5-7-17(8-6-16)18-9-11-19(12-10-18)20-13-14-21(23)22(24)15-20;1-2-3-4-17-5-7-18(8-6-17)19-9-11-20(12-10-19)21-13-15-22(23)16-14-21;1-2-3-7-18-10-12-20(13-11-18)22-16-14-21(15-17-22)19-8-5-4-6-9-19;;;;;;;;;;;/h3-4,14-16,18-21H,5-13H2,1-2H3;3-4,14-16,18-21,24H,5-13H2,1-2H3;2-3,13-19H,4-12H2,1H3;2-3,13-20H,4-12H2,1H3;2-3,5-6,8-9,18,20-22H,7,10-17H2,1H3;;10*1H/q;;;;-1;;;;;;;;;;;/b2*4-3+;3*3-2+;;;;;;;;;;;. The van der Waals surface area contributed by atoms with Gasteiger partial charge < -0.3 is 9.47 Å². The molecule has 0 bridgehead atoms. The molecule has 5 aromatic rings. The largest absolute Gasteiger partial charge is 0.573 e. The second-order valence-electron chi connectivity index (χ2n) is 40.5. The fourth-order valence-corrected chi connectivity index (χ4v) is 25.2. The van der Waals surface area contributed by atoms with Gasteiger partial charge in [-0.05, 0) is 526 Å². The van der Waals surface area contributed by atoms with Gasteiger partial charge in [-0.3, -0.25) is 0 Å². The van der Waals surface area contributed by atoms with E-state index in [0.29, 0.717) is 35.0 Å². The van der Waals surface area contributed by atoms with Gasteiger partial charge in [-0.15, -0.1) is 13.2 Å². The number of ether oxygens (including phenoxy) is 2. The number of alkyl halides is 5. The van der Waals surface area contributed by atoms with E-state index in [1.54, 1.807) is 36.8 Å². The Morgan fingerprint density at radius 1 is 0.312 bits per heavy atom. The van der Waals surface area contributed by atoms with Crippen molar-refractivity contribution in [3.05, 3.63) is 226 Å². The third kappa shape index (κ3) is 32.2. The van der Waals surface area contributed by atoms with E-state index in [-0.39, 0.29) is 25.8 Å². The molecule has 15 rings (SSSR count). The van der Waals surface area contributed by atoms with Gasteiger partial charge in [-0.25, -0.2) is 13.2 Å². The molecule has 125 heavy (non-hydrogen) atoms. The second kappa shape index (κ2) is 52.5. The summed E-state index contributed by atoms with van der Waals surface area (Å²) >= 11 is 0. The molecule has 10 saturated carbocycles. The van der Waals surface area contributed by atoms with Gasteiger partial charge >= 0.3 is 13.0 Å². The van der Waals surface area contributed by atoms with Crippen LogP contribution in [-0.2, 0) is 0 Å². The second-order valence-corrected chi connectivity index (χ2v) is 40.5. The molecule has 5 aromatic carbocycles. The Labute approximate surface area is 761 Å². The summed E-state index contributed by atoms with van der Waals surface area (Å²) in [6.45, 7) is 11.4. The molecule has 0 aliphatic heterocycles. The predicted octanol–water partition coefficient (Wildman–Crippen LogP) is 38.5. The summed E-state index contributed by atoms with van der Waals surface area (Å²) in [5.74, 6) is 15.5. The van der Waals surface area contributed by atoms with Crippen molar-refractivity contribution in [1.29, 1.82) is 0 Å². The van der Waals surface area contributed by atoms with Crippen LogP contribution in [0.1, 0.15) is 406 Å². The van der Waals surface area contributed by atoms with Gasteiger partial charge in [-0.2, -0.15) is 44.7 Å². The summed E-state index contributed by atoms with van der Waals surface area (Å²) in [5, 5.41) is 0. The minimum atomic E-state index is -4.63. The number of allylic oxidation sites excluding steroid dienone is 10. The Bertz CT molecular complexity index is 3980. The maximum atomic E-state index is 13.4. The van der Waals surface area contributed by atoms with Crippen molar-refractivity contribution in [3.63, 3.8) is 0 Å². The monoisotopic (exact) mass is 2000 g/mol. The molecule has 0 N–H and O–H groups in total. The Morgan fingerprint density at radius 3 is 0.808 bits per heavy atom. The maximum Gasteiger partial charge on any atom is 0.573 e. The van der Waals surface area contributed by atoms with E-state index in [4.69, 9.17) is 0 Å². The first-order valence-corrected chi connectivity index (χ1v) is 50.4. The molecule has 11 heteroatoms. The zero-order valence-corrected chi connectivity index (χ0v) is 84.5. The molecule has 10 fully saturated rings. The molecule has 0 heterocycles. The molecule has 0 saturated heterocycles. The zero-order chi connectivity index (χ0) is 87.6. The SMILES string of the molecule is C/C=C/CC1CCC(C2CCC(c3cc[c-]cc3)CC2)CC1.C/C=C/CC1CCC(C2CCC(c3ccc(F)c(F)c3)CC2)CC1.C/C=C/CC1CCC(C2CCC(c3ccc(F)cc3)CC2)CC1.C/C=C/CC1CCC(C2CCC(c3ccc(OC(F)(F)F)c(C)c3)CC2)CC1.C/C=C/CC1CCC(C2CCC(c3ccc(OC(F)F)c(C)c3)CC2)CC1.[HH].[HH].[HH].[HH].[HH].[HH].[HH].[HH].[HH].[HH].[Rf]. The van der Waals surface area contributed by atoms with Crippen LogP contribution in [0, 0.1) is 126 Å². The number of aryl methyl sites for hydroxylation is 2. The number of halogens is 8. The van der Waals surface area contributed by atoms with Crippen LogP contribution in [0.5, 0.6) is 11.5 Å². The Balaban J connectivity index is 0.00000163. The summed E-state index contributed by atoms with van der Waals surface area (Å²) in [5.41, 5.74) is 7.73. The molecule has 0 unspecified atom stereocenters. The summed E-state index contributed by atoms with van der Waals surface area (Å²) in [6.07, 6.45) is 78.6. The van der Waals surface area contributed by atoms with Crippen molar-refractivity contribution in [3.8, 4) is 11.5 Å². The topological polar surface area (TPSA) is 18.5 Å². The molecule has 0 radical (unpaired) electrons. The fourth-order valence-electron chi connectivity index (χ4n) is 25.2. The van der Waals surface area contributed by atoms with Crippen molar-refractivity contribution < 1.29 is 58.9 Å². The number of hydrogen-bond acceptors (Lipinski definition) is 2. The smallest absolute Gasteiger partial charge is 0.435 e. The van der Waals surface area contributed by atoms with E-state index in [2.05, 4.69) is 141 Å². The first-order chi connectivity index (χ1) is 60.2. The van der Waals surface area contributed by atoms with Gasteiger partial charge in [0.05, 0.1) is 0 Å². The van der Waals surface area contributed by atoms with Crippen molar-refractivity contribution in [2.24, 2.45) is 88.8 Å². The summed E-state index contributed by atoms with van der Waals surface area (Å²) in [6, 6.07) is 34.5. The molecular formula is C114H179F8O2Rf-.